The molecule has 3 N–H and O–H groups in total. The lowest BCUT2D eigenvalue weighted by molar-refractivity contribution is 0.106. The lowest BCUT2D eigenvalue weighted by Crippen LogP contribution is -2.40. The van der Waals surface area contributed by atoms with Gasteiger partial charge >= 0.3 is 6.03 Å². The molecular formula is C14H22BrN3O3. The Morgan fingerprint density at radius 3 is 2.86 bits per heavy atom. The number of nitrogens with one attached hydrogen (secondary N) is 2. The summed E-state index contributed by atoms with van der Waals surface area (Å²) in [7, 11) is 3.37. The SMILES string of the molecule is CN(C)C(=O)NCCNCC(O)COc1cccc(Br)c1. The highest BCUT2D eigenvalue weighted by atomic mass is 79.9. The number of halogens is 1. The third-order valence-electron chi connectivity index (χ3n) is 2.60. The summed E-state index contributed by atoms with van der Waals surface area (Å²) in [5.74, 6) is 0.710. The minimum absolute atomic E-state index is 0.129. The summed E-state index contributed by atoms with van der Waals surface area (Å²) < 4.78 is 6.41. The van der Waals surface area contributed by atoms with E-state index < -0.39 is 6.10 Å². The van der Waals surface area contributed by atoms with E-state index in [2.05, 4.69) is 26.6 Å². The lowest BCUT2D eigenvalue weighted by Gasteiger charge is -2.15. The van der Waals surface area contributed by atoms with Crippen LogP contribution >= 0.6 is 15.9 Å². The number of hydrogen-bond acceptors (Lipinski definition) is 4. The quantitative estimate of drug-likeness (QED) is 0.606. The summed E-state index contributed by atoms with van der Waals surface area (Å²) in [5.41, 5.74) is 0. The average molecular weight is 360 g/mol. The molecule has 0 bridgehead atoms. The highest BCUT2D eigenvalue weighted by Gasteiger charge is 2.05. The standard InChI is InChI=1S/C14H22BrN3O3/c1-18(2)14(20)17-7-6-16-9-12(19)10-21-13-5-3-4-11(15)8-13/h3-5,8,12,16,19H,6-7,9-10H2,1-2H3,(H,17,20). The summed E-state index contributed by atoms with van der Waals surface area (Å²) in [6, 6.07) is 7.33. The minimum atomic E-state index is -0.603. The Bertz CT molecular complexity index is 443. The van der Waals surface area contributed by atoms with Crippen molar-refractivity contribution >= 4 is 22.0 Å². The first kappa shape index (κ1) is 17.7. The van der Waals surface area contributed by atoms with Crippen LogP contribution in [0.1, 0.15) is 0 Å². The van der Waals surface area contributed by atoms with Crippen molar-refractivity contribution in [3.05, 3.63) is 28.7 Å². The van der Waals surface area contributed by atoms with Gasteiger partial charge < -0.3 is 25.4 Å². The molecule has 0 aliphatic carbocycles. The van der Waals surface area contributed by atoms with Crippen molar-refractivity contribution in [1.29, 1.82) is 0 Å². The fourth-order valence-corrected chi connectivity index (χ4v) is 1.87. The zero-order chi connectivity index (χ0) is 15.7. The van der Waals surface area contributed by atoms with Crippen LogP contribution in [0, 0.1) is 0 Å². The van der Waals surface area contributed by atoms with Crippen LogP contribution in [0.5, 0.6) is 5.75 Å². The molecule has 0 aliphatic rings. The molecule has 1 aromatic carbocycles. The van der Waals surface area contributed by atoms with Gasteiger partial charge in [-0.1, -0.05) is 22.0 Å². The number of carbonyl (C=O) groups is 1. The van der Waals surface area contributed by atoms with Gasteiger partial charge in [0.05, 0.1) is 0 Å². The minimum Gasteiger partial charge on any atom is -0.491 e. The van der Waals surface area contributed by atoms with Crippen LogP contribution in [0.15, 0.2) is 28.7 Å². The Morgan fingerprint density at radius 1 is 1.43 bits per heavy atom. The summed E-state index contributed by atoms with van der Waals surface area (Å²) >= 11 is 3.36. The van der Waals surface area contributed by atoms with Gasteiger partial charge in [-0.2, -0.15) is 0 Å². The smallest absolute Gasteiger partial charge is 0.316 e. The summed E-state index contributed by atoms with van der Waals surface area (Å²) in [6.45, 7) is 1.73. The van der Waals surface area contributed by atoms with E-state index in [1.54, 1.807) is 14.1 Å². The molecule has 2 amide bonds. The van der Waals surface area contributed by atoms with Gasteiger partial charge in [-0.25, -0.2) is 4.79 Å². The van der Waals surface area contributed by atoms with Crippen molar-refractivity contribution in [2.75, 3.05) is 40.3 Å². The highest BCUT2D eigenvalue weighted by molar-refractivity contribution is 9.10. The second-order valence-corrected chi connectivity index (χ2v) is 5.67. The predicted octanol–water partition coefficient (Wildman–Crippen LogP) is 1.05. The molecule has 7 heteroatoms. The Kier molecular flexibility index (Phi) is 8.11. The van der Waals surface area contributed by atoms with Gasteiger partial charge in [-0.05, 0) is 18.2 Å². The average Bonchev–Trinajstić information content (AvgIpc) is 2.44. The third-order valence-corrected chi connectivity index (χ3v) is 3.10. The zero-order valence-electron chi connectivity index (χ0n) is 12.3. The van der Waals surface area contributed by atoms with Crippen molar-refractivity contribution < 1.29 is 14.6 Å². The van der Waals surface area contributed by atoms with Crippen molar-refractivity contribution in [2.24, 2.45) is 0 Å². The van der Waals surface area contributed by atoms with E-state index in [0.717, 1.165) is 4.47 Å². The molecule has 0 fully saturated rings. The van der Waals surface area contributed by atoms with E-state index >= 15 is 0 Å². The van der Waals surface area contributed by atoms with Gasteiger partial charge in [-0.3, -0.25) is 0 Å². The molecule has 1 aromatic rings. The van der Waals surface area contributed by atoms with Crippen molar-refractivity contribution in [1.82, 2.24) is 15.5 Å². The maximum atomic E-state index is 11.2. The van der Waals surface area contributed by atoms with Gasteiger partial charge in [0.25, 0.3) is 0 Å². The van der Waals surface area contributed by atoms with Crippen LogP contribution in [0.4, 0.5) is 4.79 Å². The zero-order valence-corrected chi connectivity index (χ0v) is 13.9. The number of aliphatic hydroxyl groups excluding tert-OH is 1. The van der Waals surface area contributed by atoms with Gasteiger partial charge in [0.15, 0.2) is 0 Å². The monoisotopic (exact) mass is 359 g/mol. The first-order valence-corrected chi connectivity index (χ1v) is 7.50. The molecule has 0 saturated carbocycles. The fourth-order valence-electron chi connectivity index (χ4n) is 1.49. The van der Waals surface area contributed by atoms with E-state index in [9.17, 15) is 9.90 Å². The topological polar surface area (TPSA) is 73.8 Å². The maximum absolute atomic E-state index is 11.2. The number of amides is 2. The Balaban J connectivity index is 2.09. The second kappa shape index (κ2) is 9.59. The lowest BCUT2D eigenvalue weighted by atomic mass is 10.3. The first-order valence-electron chi connectivity index (χ1n) is 6.71. The number of carbonyl (C=O) groups excluding carboxylic acids is 1. The summed E-state index contributed by atoms with van der Waals surface area (Å²) in [4.78, 5) is 12.7. The molecule has 1 atom stereocenters. The van der Waals surface area contributed by atoms with Crippen molar-refractivity contribution in [3.63, 3.8) is 0 Å². The van der Waals surface area contributed by atoms with E-state index in [4.69, 9.17) is 4.74 Å². The van der Waals surface area contributed by atoms with E-state index in [0.29, 0.717) is 25.4 Å². The van der Waals surface area contributed by atoms with Crippen LogP contribution in [0.25, 0.3) is 0 Å². The fraction of sp³-hybridized carbons (Fsp3) is 0.500. The Hall–Kier alpha value is -1.31. The van der Waals surface area contributed by atoms with E-state index in [1.165, 1.54) is 4.90 Å². The molecule has 6 nitrogen and oxygen atoms in total. The van der Waals surface area contributed by atoms with Gasteiger partial charge in [-0.15, -0.1) is 0 Å². The molecule has 0 aliphatic heterocycles. The number of benzene rings is 1. The molecule has 0 aromatic heterocycles. The summed E-state index contributed by atoms with van der Waals surface area (Å²) in [5, 5.41) is 15.6. The molecule has 0 spiro atoms. The van der Waals surface area contributed by atoms with E-state index in [-0.39, 0.29) is 12.6 Å². The molecule has 0 saturated heterocycles. The number of nitrogens with zero attached hydrogens (tertiary/aromatic N) is 1. The molecular weight excluding hydrogens is 338 g/mol. The molecule has 1 unspecified atom stereocenters. The third kappa shape index (κ3) is 7.89. The highest BCUT2D eigenvalue weighted by Crippen LogP contribution is 2.17. The molecule has 1 rings (SSSR count). The van der Waals surface area contributed by atoms with Gasteiger partial charge in [0, 0.05) is 38.2 Å². The Morgan fingerprint density at radius 2 is 2.19 bits per heavy atom. The van der Waals surface area contributed by atoms with Crippen molar-refractivity contribution in [2.45, 2.75) is 6.10 Å². The number of rotatable bonds is 8. The Labute approximate surface area is 133 Å². The predicted molar refractivity (Wildman–Crippen MR) is 85.6 cm³/mol. The normalized spacial score (nSPS) is 11.8. The van der Waals surface area contributed by atoms with Gasteiger partial charge in [0.2, 0.25) is 0 Å². The number of hydrogen-bond donors (Lipinski definition) is 3. The maximum Gasteiger partial charge on any atom is 0.316 e. The molecule has 118 valence electrons. The first-order chi connectivity index (χ1) is 9.99. The van der Waals surface area contributed by atoms with Crippen LogP contribution in [0.3, 0.4) is 0 Å². The number of ether oxygens (including phenoxy) is 1. The second-order valence-electron chi connectivity index (χ2n) is 4.75. The van der Waals surface area contributed by atoms with Crippen LogP contribution < -0.4 is 15.4 Å². The molecule has 21 heavy (non-hydrogen) atoms. The van der Waals surface area contributed by atoms with Gasteiger partial charge in [0.1, 0.15) is 18.5 Å². The summed E-state index contributed by atoms with van der Waals surface area (Å²) in [6.07, 6.45) is -0.603. The van der Waals surface area contributed by atoms with Crippen LogP contribution in [-0.4, -0.2) is 62.5 Å². The number of urea groups is 1. The molecule has 0 radical (unpaired) electrons. The van der Waals surface area contributed by atoms with Crippen molar-refractivity contribution in [3.8, 4) is 5.75 Å². The largest absolute Gasteiger partial charge is 0.491 e. The van der Waals surface area contributed by atoms with Crippen LogP contribution in [-0.2, 0) is 0 Å². The van der Waals surface area contributed by atoms with Crippen LogP contribution in [0.2, 0.25) is 0 Å². The van der Waals surface area contributed by atoms with E-state index in [1.807, 2.05) is 24.3 Å². The number of aliphatic hydroxyl groups is 1. The molecule has 0 heterocycles.